The summed E-state index contributed by atoms with van der Waals surface area (Å²) in [5.74, 6) is -0.492. The Bertz CT molecular complexity index is 658. The molecule has 0 aromatic rings. The monoisotopic (exact) mass is 564 g/mol. The minimum atomic E-state index is -1.18. The molecule has 0 saturated carbocycles. The maximum Gasteiger partial charge on any atom is 0.220 e. The summed E-state index contributed by atoms with van der Waals surface area (Å²) in [5.41, 5.74) is 5.41. The van der Waals surface area contributed by atoms with Gasteiger partial charge in [-0.25, -0.2) is 0 Å². The van der Waals surface area contributed by atoms with E-state index >= 15 is 0 Å². The SMILES string of the molecule is CC(O)N(O)CCCCCNC(=O)CCC(O)N(O)CC/C=C\CNC(=O)CCC(O)N(O)CCCCCN. The van der Waals surface area contributed by atoms with E-state index in [9.17, 15) is 35.4 Å². The van der Waals surface area contributed by atoms with Crippen LogP contribution in [0.25, 0.3) is 0 Å². The average molecular weight is 565 g/mol. The average Bonchev–Trinajstić information content (AvgIpc) is 2.91. The standard InChI is InChI=1S/C25H52N6O8/c1-21(32)29(37)18-9-3-6-16-27-22(33)12-14-25(36)31(39)20-10-4-7-17-28-23(34)11-13-24(35)30(38)19-8-2-5-15-26/h4,7,21,24-25,32,35-39H,2-3,5-6,8-20,26H2,1H3,(H,27,33)(H,28,34)/b7-4-. The number of carbonyl (C=O) groups is 2. The smallest absolute Gasteiger partial charge is 0.220 e. The number of amides is 2. The van der Waals surface area contributed by atoms with Crippen LogP contribution in [0.4, 0.5) is 0 Å². The Morgan fingerprint density at radius 2 is 1.28 bits per heavy atom. The first-order chi connectivity index (χ1) is 18.6. The Labute approximate surface area is 231 Å². The zero-order valence-corrected chi connectivity index (χ0v) is 23.3. The van der Waals surface area contributed by atoms with Gasteiger partial charge < -0.3 is 47.3 Å². The first-order valence-electron chi connectivity index (χ1n) is 13.9. The second-order valence-corrected chi connectivity index (χ2v) is 9.48. The number of rotatable bonds is 25. The fourth-order valence-electron chi connectivity index (χ4n) is 3.46. The Balaban J connectivity index is 3.83. The lowest BCUT2D eigenvalue weighted by molar-refractivity contribution is -0.198. The number of nitrogens with two attached hydrogens (primary N) is 1. The third-order valence-electron chi connectivity index (χ3n) is 5.96. The Morgan fingerprint density at radius 1 is 0.744 bits per heavy atom. The van der Waals surface area contributed by atoms with Gasteiger partial charge in [-0.05, 0) is 58.4 Å². The van der Waals surface area contributed by atoms with E-state index in [4.69, 9.17) is 10.8 Å². The molecule has 2 amide bonds. The molecule has 0 rings (SSSR count). The van der Waals surface area contributed by atoms with Crippen LogP contribution in [-0.4, -0.2) is 116 Å². The van der Waals surface area contributed by atoms with E-state index in [0.717, 1.165) is 40.9 Å². The molecule has 0 fully saturated rings. The van der Waals surface area contributed by atoms with Crippen LogP contribution in [0.2, 0.25) is 0 Å². The number of aliphatic hydroxyl groups excluding tert-OH is 3. The van der Waals surface area contributed by atoms with Crippen molar-refractivity contribution < 1.29 is 40.5 Å². The highest BCUT2D eigenvalue weighted by Crippen LogP contribution is 2.06. The van der Waals surface area contributed by atoms with Crippen LogP contribution in [-0.2, 0) is 9.59 Å². The second-order valence-electron chi connectivity index (χ2n) is 9.48. The van der Waals surface area contributed by atoms with E-state index in [2.05, 4.69) is 10.6 Å². The van der Waals surface area contributed by atoms with E-state index in [0.29, 0.717) is 45.4 Å². The van der Waals surface area contributed by atoms with Gasteiger partial charge in [-0.1, -0.05) is 25.0 Å². The highest BCUT2D eigenvalue weighted by atomic mass is 16.5. The van der Waals surface area contributed by atoms with Gasteiger partial charge in [0, 0.05) is 45.6 Å². The third kappa shape index (κ3) is 21.7. The lowest BCUT2D eigenvalue weighted by Crippen LogP contribution is -2.35. The summed E-state index contributed by atoms with van der Waals surface area (Å²) < 4.78 is 0. The normalized spacial score (nSPS) is 14.3. The molecule has 0 spiro atoms. The van der Waals surface area contributed by atoms with Gasteiger partial charge in [-0.3, -0.25) is 9.59 Å². The zero-order chi connectivity index (χ0) is 29.5. The van der Waals surface area contributed by atoms with Gasteiger partial charge in [-0.15, -0.1) is 0 Å². The summed E-state index contributed by atoms with van der Waals surface area (Å²) in [6.07, 6.45) is 5.56. The van der Waals surface area contributed by atoms with Crippen molar-refractivity contribution in [1.82, 2.24) is 25.8 Å². The molecular formula is C25H52N6O8. The number of hydrogen-bond acceptors (Lipinski definition) is 12. The molecule has 230 valence electrons. The number of unbranched alkanes of at least 4 members (excludes halogenated alkanes) is 4. The third-order valence-corrected chi connectivity index (χ3v) is 5.96. The topological polar surface area (TPSA) is 215 Å². The fourth-order valence-corrected chi connectivity index (χ4v) is 3.46. The predicted octanol–water partition coefficient (Wildman–Crippen LogP) is 0.0735. The molecule has 3 unspecified atom stereocenters. The Hall–Kier alpha value is -1.72. The van der Waals surface area contributed by atoms with Crippen LogP contribution >= 0.6 is 0 Å². The molecule has 0 heterocycles. The summed E-state index contributed by atoms with van der Waals surface area (Å²) in [6, 6.07) is 0. The van der Waals surface area contributed by atoms with Crippen LogP contribution < -0.4 is 16.4 Å². The van der Waals surface area contributed by atoms with Crippen molar-refractivity contribution in [3.63, 3.8) is 0 Å². The van der Waals surface area contributed by atoms with Crippen molar-refractivity contribution in [1.29, 1.82) is 0 Å². The molecule has 14 heteroatoms. The quantitative estimate of drug-likeness (QED) is 0.0312. The highest BCUT2D eigenvalue weighted by molar-refractivity contribution is 5.76. The number of hydroxylamine groups is 6. The van der Waals surface area contributed by atoms with E-state index in [1.165, 1.54) is 6.92 Å². The molecular weight excluding hydrogens is 512 g/mol. The van der Waals surface area contributed by atoms with Crippen molar-refractivity contribution in [2.45, 2.75) is 96.2 Å². The molecule has 0 aliphatic rings. The first-order valence-corrected chi connectivity index (χ1v) is 13.9. The van der Waals surface area contributed by atoms with E-state index in [1.54, 1.807) is 12.2 Å². The minimum absolute atomic E-state index is 0.0591. The molecule has 0 saturated heterocycles. The molecule has 0 aromatic heterocycles. The predicted molar refractivity (Wildman–Crippen MR) is 144 cm³/mol. The highest BCUT2D eigenvalue weighted by Gasteiger charge is 2.15. The number of carbonyl (C=O) groups excluding carboxylic acids is 2. The summed E-state index contributed by atoms with van der Waals surface area (Å²) in [4.78, 5) is 23.8. The number of hydrogen-bond donors (Lipinski definition) is 9. The maximum atomic E-state index is 11.9. The molecule has 3 atom stereocenters. The number of aliphatic hydroxyl groups is 3. The van der Waals surface area contributed by atoms with Crippen molar-refractivity contribution >= 4 is 11.8 Å². The summed E-state index contributed by atoms with van der Waals surface area (Å²) >= 11 is 0. The lowest BCUT2D eigenvalue weighted by Gasteiger charge is -2.21. The molecule has 39 heavy (non-hydrogen) atoms. The fraction of sp³-hybridized carbons (Fsp3) is 0.840. The maximum absolute atomic E-state index is 11.9. The summed E-state index contributed by atoms with van der Waals surface area (Å²) in [5, 5.41) is 66.0. The van der Waals surface area contributed by atoms with Crippen LogP contribution in [0.15, 0.2) is 12.2 Å². The number of nitrogens with one attached hydrogen (secondary N) is 2. The zero-order valence-electron chi connectivity index (χ0n) is 23.3. The minimum Gasteiger partial charge on any atom is -0.377 e. The van der Waals surface area contributed by atoms with Crippen molar-refractivity contribution in [2.24, 2.45) is 5.73 Å². The molecule has 0 aliphatic carbocycles. The summed E-state index contributed by atoms with van der Waals surface area (Å²) in [7, 11) is 0. The van der Waals surface area contributed by atoms with Gasteiger partial charge in [0.1, 0.15) is 18.7 Å². The van der Waals surface area contributed by atoms with E-state index < -0.39 is 18.7 Å². The van der Waals surface area contributed by atoms with Gasteiger partial charge >= 0.3 is 0 Å². The van der Waals surface area contributed by atoms with Crippen LogP contribution in [0.5, 0.6) is 0 Å². The van der Waals surface area contributed by atoms with Crippen LogP contribution in [0, 0.1) is 0 Å². The second kappa shape index (κ2) is 24.1. The van der Waals surface area contributed by atoms with Gasteiger partial charge in [0.25, 0.3) is 0 Å². The molecule has 0 bridgehead atoms. The molecule has 0 radical (unpaired) electrons. The van der Waals surface area contributed by atoms with Crippen molar-refractivity contribution in [2.75, 3.05) is 39.3 Å². The van der Waals surface area contributed by atoms with E-state index in [1.807, 2.05) is 0 Å². The Kier molecular flexibility index (Phi) is 23.0. The molecule has 10 N–H and O–H groups in total. The number of nitrogens with zero attached hydrogens (tertiary/aromatic N) is 3. The van der Waals surface area contributed by atoms with Crippen LogP contribution in [0.1, 0.15) is 77.6 Å². The molecule has 0 aliphatic heterocycles. The first kappa shape index (κ1) is 37.3. The van der Waals surface area contributed by atoms with Crippen molar-refractivity contribution in [3.05, 3.63) is 12.2 Å². The lowest BCUT2D eigenvalue weighted by atomic mass is 10.2. The van der Waals surface area contributed by atoms with Crippen molar-refractivity contribution in [3.8, 4) is 0 Å². The summed E-state index contributed by atoms with van der Waals surface area (Å²) in [6.45, 7) is 3.60. The van der Waals surface area contributed by atoms with Gasteiger partial charge in [0.2, 0.25) is 11.8 Å². The van der Waals surface area contributed by atoms with Crippen LogP contribution in [0.3, 0.4) is 0 Å². The van der Waals surface area contributed by atoms with E-state index in [-0.39, 0.29) is 50.6 Å². The molecule has 0 aromatic carbocycles. The van der Waals surface area contributed by atoms with Gasteiger partial charge in [0.05, 0.1) is 0 Å². The van der Waals surface area contributed by atoms with Gasteiger partial charge in [-0.2, -0.15) is 15.2 Å². The Morgan fingerprint density at radius 3 is 1.87 bits per heavy atom. The molecule has 14 nitrogen and oxygen atoms in total. The largest absolute Gasteiger partial charge is 0.377 e. The van der Waals surface area contributed by atoms with Gasteiger partial charge in [0.15, 0.2) is 0 Å².